The first-order valence-electron chi connectivity index (χ1n) is 9.15. The summed E-state index contributed by atoms with van der Waals surface area (Å²) in [6.07, 6.45) is 4.22. The molecule has 2 aliphatic rings. The van der Waals surface area contributed by atoms with Crippen molar-refractivity contribution in [2.75, 3.05) is 19.8 Å². The van der Waals surface area contributed by atoms with Gasteiger partial charge in [-0.2, -0.15) is 4.31 Å². The maximum atomic E-state index is 14.5. The van der Waals surface area contributed by atoms with Crippen LogP contribution < -0.4 is 4.74 Å². The third kappa shape index (κ3) is 3.74. The zero-order chi connectivity index (χ0) is 18.9. The van der Waals surface area contributed by atoms with E-state index >= 15 is 0 Å². The van der Waals surface area contributed by atoms with E-state index in [9.17, 15) is 12.8 Å². The van der Waals surface area contributed by atoms with Gasteiger partial charge in [-0.1, -0.05) is 0 Å². The van der Waals surface area contributed by atoms with Gasteiger partial charge in [-0.05, 0) is 43.2 Å². The molecule has 8 heteroatoms. The number of halogens is 1. The van der Waals surface area contributed by atoms with Crippen LogP contribution in [-0.4, -0.2) is 38.6 Å². The van der Waals surface area contributed by atoms with Crippen LogP contribution in [0.15, 0.2) is 45.9 Å². The van der Waals surface area contributed by atoms with Crippen molar-refractivity contribution in [3.8, 4) is 5.75 Å². The van der Waals surface area contributed by atoms with Gasteiger partial charge < -0.3 is 13.9 Å². The standard InChI is InChI=1S/C19H22FNO5S/c20-16-13-15(5-6-18(16)26-14-7-11-24-12-8-14)27(22,23)21-9-1-3-17(21)19-4-2-10-25-19/h2,4-6,10,13-14,17H,1,3,7-9,11-12H2. The second-order valence-corrected chi connectivity index (χ2v) is 8.70. The molecule has 1 aromatic heterocycles. The zero-order valence-electron chi connectivity index (χ0n) is 14.8. The van der Waals surface area contributed by atoms with Crippen molar-refractivity contribution in [3.05, 3.63) is 48.2 Å². The smallest absolute Gasteiger partial charge is 0.243 e. The van der Waals surface area contributed by atoms with E-state index in [1.807, 2.05) is 0 Å². The van der Waals surface area contributed by atoms with Gasteiger partial charge in [0, 0.05) is 19.4 Å². The number of rotatable bonds is 5. The first-order chi connectivity index (χ1) is 13.1. The molecule has 1 atom stereocenters. The van der Waals surface area contributed by atoms with E-state index in [4.69, 9.17) is 13.9 Å². The molecule has 0 saturated carbocycles. The highest BCUT2D eigenvalue weighted by Gasteiger charge is 2.38. The Kier molecular flexibility index (Phi) is 5.21. The Morgan fingerprint density at radius 1 is 1.15 bits per heavy atom. The van der Waals surface area contributed by atoms with Gasteiger partial charge >= 0.3 is 0 Å². The molecule has 2 fully saturated rings. The second-order valence-electron chi connectivity index (χ2n) is 6.81. The number of nitrogens with zero attached hydrogens (tertiary/aromatic N) is 1. The molecule has 3 heterocycles. The number of hydrogen-bond donors (Lipinski definition) is 0. The van der Waals surface area contributed by atoms with Crippen LogP contribution in [0.4, 0.5) is 4.39 Å². The summed E-state index contributed by atoms with van der Waals surface area (Å²) in [6.45, 7) is 1.55. The Balaban J connectivity index is 1.55. The van der Waals surface area contributed by atoms with E-state index in [0.29, 0.717) is 44.8 Å². The van der Waals surface area contributed by atoms with Crippen molar-refractivity contribution in [1.82, 2.24) is 4.31 Å². The lowest BCUT2D eigenvalue weighted by atomic mass is 10.1. The topological polar surface area (TPSA) is 69.0 Å². The normalized spacial score (nSPS) is 22.2. The van der Waals surface area contributed by atoms with Gasteiger partial charge in [0.25, 0.3) is 0 Å². The Hall–Kier alpha value is -1.90. The van der Waals surface area contributed by atoms with Gasteiger partial charge in [-0.15, -0.1) is 0 Å². The highest BCUT2D eigenvalue weighted by molar-refractivity contribution is 7.89. The molecule has 146 valence electrons. The fourth-order valence-corrected chi connectivity index (χ4v) is 5.32. The van der Waals surface area contributed by atoms with Crippen LogP contribution in [0.5, 0.6) is 5.75 Å². The lowest BCUT2D eigenvalue weighted by molar-refractivity contribution is 0.0240. The Morgan fingerprint density at radius 3 is 2.67 bits per heavy atom. The van der Waals surface area contributed by atoms with Crippen LogP contribution in [-0.2, 0) is 14.8 Å². The van der Waals surface area contributed by atoms with Crippen molar-refractivity contribution < 1.29 is 26.7 Å². The number of hydrogen-bond acceptors (Lipinski definition) is 5. The van der Waals surface area contributed by atoms with E-state index in [1.54, 1.807) is 12.1 Å². The molecule has 1 unspecified atom stereocenters. The Bertz CT molecular complexity index is 878. The average molecular weight is 395 g/mol. The fraction of sp³-hybridized carbons (Fsp3) is 0.474. The van der Waals surface area contributed by atoms with Crippen LogP contribution in [0, 0.1) is 5.82 Å². The molecule has 27 heavy (non-hydrogen) atoms. The summed E-state index contributed by atoms with van der Waals surface area (Å²) < 4.78 is 58.4. The molecule has 4 rings (SSSR count). The van der Waals surface area contributed by atoms with E-state index in [1.165, 1.54) is 22.7 Å². The van der Waals surface area contributed by atoms with E-state index < -0.39 is 15.8 Å². The Labute approximate surface area is 157 Å². The molecular formula is C19H22FNO5S. The molecule has 1 aromatic carbocycles. The maximum Gasteiger partial charge on any atom is 0.243 e. The third-order valence-corrected chi connectivity index (χ3v) is 6.95. The molecule has 2 saturated heterocycles. The SMILES string of the molecule is O=S(=O)(c1ccc(OC2CCOCC2)c(F)c1)N1CCCC1c1ccco1. The van der Waals surface area contributed by atoms with Gasteiger partial charge in [0.05, 0.1) is 30.4 Å². The van der Waals surface area contributed by atoms with Crippen molar-refractivity contribution in [3.63, 3.8) is 0 Å². The van der Waals surface area contributed by atoms with Crippen LogP contribution in [0.3, 0.4) is 0 Å². The molecule has 2 aromatic rings. The number of furan rings is 1. The summed E-state index contributed by atoms with van der Waals surface area (Å²) in [5.41, 5.74) is 0. The molecule has 0 N–H and O–H groups in total. The lowest BCUT2D eigenvalue weighted by Crippen LogP contribution is -2.30. The minimum Gasteiger partial charge on any atom is -0.487 e. The molecule has 0 radical (unpaired) electrons. The predicted molar refractivity (Wildman–Crippen MR) is 95.4 cm³/mol. The summed E-state index contributed by atoms with van der Waals surface area (Å²) in [7, 11) is -3.83. The number of benzene rings is 1. The van der Waals surface area contributed by atoms with Gasteiger partial charge in [-0.25, -0.2) is 12.8 Å². The van der Waals surface area contributed by atoms with Crippen LogP contribution in [0.1, 0.15) is 37.5 Å². The van der Waals surface area contributed by atoms with Crippen LogP contribution in [0.25, 0.3) is 0 Å². The molecule has 2 aliphatic heterocycles. The second kappa shape index (κ2) is 7.61. The highest BCUT2D eigenvalue weighted by atomic mass is 32.2. The lowest BCUT2D eigenvalue weighted by Gasteiger charge is -2.24. The molecule has 0 aliphatic carbocycles. The molecule has 0 bridgehead atoms. The summed E-state index contributed by atoms with van der Waals surface area (Å²) in [5, 5.41) is 0. The fourth-order valence-electron chi connectivity index (χ4n) is 3.64. The summed E-state index contributed by atoms with van der Waals surface area (Å²) in [6, 6.07) is 7.00. The maximum absolute atomic E-state index is 14.5. The first kappa shape index (κ1) is 18.5. The predicted octanol–water partition coefficient (Wildman–Crippen LogP) is 3.50. The van der Waals surface area contributed by atoms with Gasteiger partial charge in [0.15, 0.2) is 11.6 Å². The van der Waals surface area contributed by atoms with Crippen molar-refractivity contribution in [1.29, 1.82) is 0 Å². The van der Waals surface area contributed by atoms with Gasteiger partial charge in [0.2, 0.25) is 10.0 Å². The third-order valence-electron chi connectivity index (χ3n) is 5.05. The zero-order valence-corrected chi connectivity index (χ0v) is 15.7. The summed E-state index contributed by atoms with van der Waals surface area (Å²) in [4.78, 5) is -0.0715. The quantitative estimate of drug-likeness (QED) is 0.775. The van der Waals surface area contributed by atoms with Crippen LogP contribution in [0.2, 0.25) is 0 Å². The largest absolute Gasteiger partial charge is 0.487 e. The van der Waals surface area contributed by atoms with Crippen LogP contribution >= 0.6 is 0 Å². The average Bonchev–Trinajstić information content (AvgIpc) is 3.35. The molecular weight excluding hydrogens is 373 g/mol. The molecule has 0 amide bonds. The van der Waals surface area contributed by atoms with E-state index in [-0.39, 0.29) is 22.8 Å². The Morgan fingerprint density at radius 2 is 1.96 bits per heavy atom. The van der Waals surface area contributed by atoms with Crippen molar-refractivity contribution in [2.24, 2.45) is 0 Å². The number of sulfonamides is 1. The minimum absolute atomic E-state index is 0.0715. The van der Waals surface area contributed by atoms with Crippen molar-refractivity contribution >= 4 is 10.0 Å². The number of ether oxygens (including phenoxy) is 2. The monoisotopic (exact) mass is 395 g/mol. The highest BCUT2D eigenvalue weighted by Crippen LogP contribution is 2.37. The van der Waals surface area contributed by atoms with Gasteiger partial charge in [0.1, 0.15) is 11.9 Å². The van der Waals surface area contributed by atoms with Gasteiger partial charge in [-0.3, -0.25) is 0 Å². The summed E-state index contributed by atoms with van der Waals surface area (Å²) >= 11 is 0. The van der Waals surface area contributed by atoms with Crippen molar-refractivity contribution in [2.45, 2.75) is 42.7 Å². The summed E-state index contributed by atoms with van der Waals surface area (Å²) in [5.74, 6) is 0.0113. The van der Waals surface area contributed by atoms with E-state index in [0.717, 1.165) is 12.5 Å². The molecule has 6 nitrogen and oxygen atoms in total. The molecule has 0 spiro atoms. The minimum atomic E-state index is -3.83. The first-order valence-corrected chi connectivity index (χ1v) is 10.6. The van der Waals surface area contributed by atoms with E-state index in [2.05, 4.69) is 0 Å².